The van der Waals surface area contributed by atoms with Crippen molar-refractivity contribution in [3.05, 3.63) is 48.6 Å². The molecule has 1 aliphatic rings. The summed E-state index contributed by atoms with van der Waals surface area (Å²) < 4.78 is 28.6. The summed E-state index contributed by atoms with van der Waals surface area (Å²) in [7, 11) is 0. The first kappa shape index (κ1) is 30.3. The average Bonchev–Trinajstić information content (AvgIpc) is 2.80. The maximum absolute atomic E-state index is 13.4. The van der Waals surface area contributed by atoms with Crippen LogP contribution in [0.3, 0.4) is 0 Å². The number of esters is 1. The maximum Gasteiger partial charge on any atom is 0.420 e. The van der Waals surface area contributed by atoms with Crippen LogP contribution in [0.1, 0.15) is 54.0 Å². The van der Waals surface area contributed by atoms with Gasteiger partial charge in [0.25, 0.3) is 0 Å². The Morgan fingerprint density at radius 2 is 1.59 bits per heavy atom. The Bertz CT molecular complexity index is 890. The lowest BCUT2D eigenvalue weighted by molar-refractivity contribution is -0.163. The van der Waals surface area contributed by atoms with Crippen molar-refractivity contribution in [2.75, 3.05) is 19.8 Å². The SMILES string of the molecule is C=CCO[C@@H]1[C@@H](Cc2ccccc2)COC[C@H](N(C(=O)OC(C)(C)C)C(=O)OC(C)(C)C)C(=O)O[C@H]1C. The lowest BCUT2D eigenvalue weighted by atomic mass is 9.91. The lowest BCUT2D eigenvalue weighted by Gasteiger charge is -2.32. The number of rotatable bonds is 6. The molecule has 0 bridgehead atoms. The molecule has 206 valence electrons. The van der Waals surface area contributed by atoms with E-state index in [0.29, 0.717) is 11.3 Å². The fourth-order valence-corrected chi connectivity index (χ4v) is 3.88. The fourth-order valence-electron chi connectivity index (χ4n) is 3.88. The van der Waals surface area contributed by atoms with Crippen LogP contribution < -0.4 is 0 Å². The van der Waals surface area contributed by atoms with Crippen LogP contribution >= 0.6 is 0 Å². The van der Waals surface area contributed by atoms with Gasteiger partial charge in [0.15, 0.2) is 6.04 Å². The van der Waals surface area contributed by atoms with Crippen molar-refractivity contribution < 1.29 is 38.1 Å². The second-order valence-electron chi connectivity index (χ2n) is 11.1. The zero-order chi connectivity index (χ0) is 27.8. The lowest BCUT2D eigenvalue weighted by Crippen LogP contribution is -2.54. The predicted molar refractivity (Wildman–Crippen MR) is 138 cm³/mol. The highest BCUT2D eigenvalue weighted by Crippen LogP contribution is 2.25. The van der Waals surface area contributed by atoms with Gasteiger partial charge in [-0.05, 0) is 60.5 Å². The minimum atomic E-state index is -1.41. The number of hydrogen-bond donors (Lipinski definition) is 0. The Labute approximate surface area is 220 Å². The van der Waals surface area contributed by atoms with E-state index < -0.39 is 47.6 Å². The smallest absolute Gasteiger partial charge is 0.420 e. The molecule has 1 fully saturated rings. The molecular formula is C28H41NO8. The first-order chi connectivity index (χ1) is 17.2. The van der Waals surface area contributed by atoms with Crippen molar-refractivity contribution in [1.29, 1.82) is 0 Å². The van der Waals surface area contributed by atoms with E-state index in [1.807, 2.05) is 30.3 Å². The van der Waals surface area contributed by atoms with Crippen molar-refractivity contribution in [1.82, 2.24) is 4.90 Å². The Hall–Kier alpha value is -2.91. The molecule has 0 spiro atoms. The van der Waals surface area contributed by atoms with E-state index in [1.54, 1.807) is 54.5 Å². The highest BCUT2D eigenvalue weighted by molar-refractivity contribution is 5.94. The summed E-state index contributed by atoms with van der Waals surface area (Å²) in [6.07, 6.45) is -1.05. The van der Waals surface area contributed by atoms with Gasteiger partial charge >= 0.3 is 18.2 Å². The van der Waals surface area contributed by atoms with Crippen LogP contribution in [0, 0.1) is 5.92 Å². The number of imide groups is 1. The molecule has 2 amide bonds. The average molecular weight is 520 g/mol. The van der Waals surface area contributed by atoms with E-state index in [0.717, 1.165) is 5.56 Å². The number of cyclic esters (lactones) is 1. The summed E-state index contributed by atoms with van der Waals surface area (Å²) in [6.45, 7) is 15.6. The molecule has 4 atom stereocenters. The van der Waals surface area contributed by atoms with Gasteiger partial charge in [0.05, 0.1) is 25.9 Å². The number of ether oxygens (including phenoxy) is 5. The van der Waals surface area contributed by atoms with Crippen molar-refractivity contribution in [2.24, 2.45) is 5.92 Å². The number of benzene rings is 1. The third kappa shape index (κ3) is 9.81. The number of carbonyl (C=O) groups is 3. The van der Waals surface area contributed by atoms with Gasteiger partial charge in [0, 0.05) is 5.92 Å². The van der Waals surface area contributed by atoms with Gasteiger partial charge in [0.1, 0.15) is 17.3 Å². The van der Waals surface area contributed by atoms with Crippen LogP contribution in [0.15, 0.2) is 43.0 Å². The van der Waals surface area contributed by atoms with Gasteiger partial charge in [-0.3, -0.25) is 0 Å². The second kappa shape index (κ2) is 13.1. The Balaban J connectivity index is 2.39. The van der Waals surface area contributed by atoms with E-state index in [-0.39, 0.29) is 25.7 Å². The van der Waals surface area contributed by atoms with Crippen molar-refractivity contribution in [2.45, 2.75) is 84.3 Å². The van der Waals surface area contributed by atoms with E-state index >= 15 is 0 Å². The van der Waals surface area contributed by atoms with Crippen LogP contribution in [0.4, 0.5) is 9.59 Å². The van der Waals surface area contributed by atoms with Gasteiger partial charge in [0.2, 0.25) is 0 Å². The molecule has 37 heavy (non-hydrogen) atoms. The standard InChI is InChI=1S/C28H41NO8/c1-9-15-34-23-19(2)35-24(30)22(18-33-17-21(23)16-20-13-11-10-12-14-20)29(25(31)36-27(3,4)5)26(32)37-28(6,7)8/h9-14,19,21-23H,1,15-18H2,2-8H3/t19-,21-,22-,23-/m0/s1. The molecule has 0 unspecified atom stereocenters. The minimum Gasteiger partial charge on any atom is -0.458 e. The quantitative estimate of drug-likeness (QED) is 0.297. The molecule has 9 heteroatoms. The van der Waals surface area contributed by atoms with Gasteiger partial charge in [-0.1, -0.05) is 36.4 Å². The number of carbonyl (C=O) groups excluding carboxylic acids is 3. The summed E-state index contributed by atoms with van der Waals surface area (Å²) in [5, 5.41) is 0. The Morgan fingerprint density at radius 1 is 1.03 bits per heavy atom. The van der Waals surface area contributed by atoms with E-state index in [1.165, 1.54) is 0 Å². The van der Waals surface area contributed by atoms with Crippen LogP contribution in [0.25, 0.3) is 0 Å². The largest absolute Gasteiger partial charge is 0.458 e. The summed E-state index contributed by atoms with van der Waals surface area (Å²) >= 11 is 0. The van der Waals surface area contributed by atoms with Crippen molar-refractivity contribution in [3.8, 4) is 0 Å². The number of nitrogens with zero attached hydrogens (tertiary/aromatic N) is 1. The summed E-state index contributed by atoms with van der Waals surface area (Å²) in [5.74, 6) is -1.00. The molecule has 1 saturated heterocycles. The van der Waals surface area contributed by atoms with Gasteiger partial charge in [-0.2, -0.15) is 4.90 Å². The topological polar surface area (TPSA) is 101 Å². The molecular weight excluding hydrogens is 478 g/mol. The third-order valence-corrected chi connectivity index (χ3v) is 5.35. The third-order valence-electron chi connectivity index (χ3n) is 5.35. The highest BCUT2D eigenvalue weighted by Gasteiger charge is 2.44. The number of hydrogen-bond acceptors (Lipinski definition) is 8. The molecule has 2 rings (SSSR count). The first-order valence-electron chi connectivity index (χ1n) is 12.5. The van der Waals surface area contributed by atoms with Crippen molar-refractivity contribution >= 4 is 18.2 Å². The number of amides is 2. The van der Waals surface area contributed by atoms with Crippen LogP contribution in [-0.2, 0) is 34.9 Å². The van der Waals surface area contributed by atoms with Crippen LogP contribution in [0.5, 0.6) is 0 Å². The molecule has 0 aromatic heterocycles. The molecule has 0 radical (unpaired) electrons. The minimum absolute atomic E-state index is 0.180. The van der Waals surface area contributed by atoms with E-state index in [9.17, 15) is 14.4 Å². The second-order valence-corrected chi connectivity index (χ2v) is 11.1. The normalized spacial score (nSPS) is 23.1. The Kier molecular flexibility index (Phi) is 10.7. The molecule has 1 aromatic carbocycles. The first-order valence-corrected chi connectivity index (χ1v) is 12.5. The summed E-state index contributed by atoms with van der Waals surface area (Å²) in [5.41, 5.74) is -0.766. The zero-order valence-corrected chi connectivity index (χ0v) is 23.0. The molecule has 1 aliphatic heterocycles. The molecule has 0 saturated carbocycles. The van der Waals surface area contributed by atoms with Gasteiger partial charge in [-0.15, -0.1) is 6.58 Å². The predicted octanol–water partition coefficient (Wildman–Crippen LogP) is 4.92. The molecule has 1 heterocycles. The van der Waals surface area contributed by atoms with Crippen LogP contribution in [-0.4, -0.2) is 72.3 Å². The Morgan fingerprint density at radius 3 is 2.11 bits per heavy atom. The molecule has 1 aromatic rings. The maximum atomic E-state index is 13.4. The van der Waals surface area contributed by atoms with Gasteiger partial charge < -0.3 is 23.7 Å². The van der Waals surface area contributed by atoms with Crippen molar-refractivity contribution in [3.63, 3.8) is 0 Å². The van der Waals surface area contributed by atoms with E-state index in [2.05, 4.69) is 6.58 Å². The van der Waals surface area contributed by atoms with Gasteiger partial charge in [-0.25, -0.2) is 14.4 Å². The zero-order valence-electron chi connectivity index (χ0n) is 23.0. The fraction of sp³-hybridized carbons (Fsp3) is 0.607. The van der Waals surface area contributed by atoms with Crippen LogP contribution in [0.2, 0.25) is 0 Å². The molecule has 0 aliphatic carbocycles. The summed E-state index contributed by atoms with van der Waals surface area (Å²) in [6, 6.07) is 8.43. The highest BCUT2D eigenvalue weighted by atomic mass is 16.6. The monoisotopic (exact) mass is 519 g/mol. The molecule has 9 nitrogen and oxygen atoms in total. The summed E-state index contributed by atoms with van der Waals surface area (Å²) in [4.78, 5) is 40.2. The van der Waals surface area contributed by atoms with E-state index in [4.69, 9.17) is 23.7 Å². The molecule has 0 N–H and O–H groups in total.